The molecule has 0 aliphatic heterocycles. The largest absolute Gasteiger partial charge is 0.493 e. The second-order valence-electron chi connectivity index (χ2n) is 6.61. The zero-order chi connectivity index (χ0) is 21.1. The molecule has 3 aromatic heterocycles. The summed E-state index contributed by atoms with van der Waals surface area (Å²) in [6.45, 7) is 2.63. The molecule has 0 saturated carbocycles. The molecule has 158 valence electrons. The van der Waals surface area contributed by atoms with Crippen LogP contribution in [0.1, 0.15) is 17.7 Å². The molecule has 1 aromatic carbocycles. The number of aromatic amines is 2. The van der Waals surface area contributed by atoms with E-state index in [0.29, 0.717) is 41.3 Å². The Morgan fingerprint density at radius 1 is 1.13 bits per heavy atom. The van der Waals surface area contributed by atoms with Crippen molar-refractivity contribution in [1.82, 2.24) is 25.1 Å². The van der Waals surface area contributed by atoms with Gasteiger partial charge in [0.25, 0.3) is 5.16 Å². The number of ether oxygens (including phenoxy) is 2. The van der Waals surface area contributed by atoms with Gasteiger partial charge < -0.3 is 19.7 Å². The Kier molecular flexibility index (Phi) is 5.66. The zero-order valence-electron chi connectivity index (χ0n) is 16.5. The van der Waals surface area contributed by atoms with Crippen molar-refractivity contribution in [2.75, 3.05) is 20.3 Å². The molecular formula is C19H21N5O5S. The fourth-order valence-electron chi connectivity index (χ4n) is 3.01. The highest BCUT2D eigenvalue weighted by molar-refractivity contribution is 7.86. The van der Waals surface area contributed by atoms with Gasteiger partial charge in [0, 0.05) is 43.5 Å². The lowest BCUT2D eigenvalue weighted by molar-refractivity contribution is 0.171. The number of H-pyrrole nitrogens is 2. The Balaban J connectivity index is 1.51. The lowest BCUT2D eigenvalue weighted by Crippen LogP contribution is -2.10. The fourth-order valence-corrected chi connectivity index (χ4v) is 3.80. The molecule has 3 heterocycles. The zero-order valence-corrected chi connectivity index (χ0v) is 17.3. The Bertz CT molecular complexity index is 1280. The van der Waals surface area contributed by atoms with Crippen LogP contribution in [0.4, 0.5) is 0 Å². The van der Waals surface area contributed by atoms with Gasteiger partial charge in [0.2, 0.25) is 0 Å². The number of fused-ring (bicyclic) bond motifs is 3. The minimum absolute atomic E-state index is 0.248. The van der Waals surface area contributed by atoms with E-state index in [2.05, 4.69) is 25.1 Å². The first-order valence-corrected chi connectivity index (χ1v) is 10.7. The lowest BCUT2D eigenvalue weighted by Gasteiger charge is -2.11. The molecule has 0 unspecified atom stereocenters. The van der Waals surface area contributed by atoms with Crippen molar-refractivity contribution in [2.24, 2.45) is 0 Å². The van der Waals surface area contributed by atoms with Crippen molar-refractivity contribution in [3.8, 4) is 5.75 Å². The Hall–Kier alpha value is -3.02. The summed E-state index contributed by atoms with van der Waals surface area (Å²) in [6, 6.07) is 5.22. The molecule has 4 rings (SSSR count). The van der Waals surface area contributed by atoms with E-state index < -0.39 is 10.1 Å². The molecule has 4 aromatic rings. The molecule has 0 saturated heterocycles. The maximum absolute atomic E-state index is 12.7. The molecule has 0 fully saturated rings. The first-order valence-electron chi connectivity index (χ1n) is 9.27. The predicted octanol–water partition coefficient (Wildman–Crippen LogP) is 2.46. The van der Waals surface area contributed by atoms with Crippen molar-refractivity contribution >= 4 is 32.1 Å². The molecular weight excluding hydrogens is 410 g/mol. The lowest BCUT2D eigenvalue weighted by atomic mass is 10.2. The first kappa shape index (κ1) is 20.3. The number of nitrogens with one attached hydrogen (secondary N) is 2. The summed E-state index contributed by atoms with van der Waals surface area (Å²) in [5.74, 6) is 0.624. The van der Waals surface area contributed by atoms with Crippen LogP contribution in [0.3, 0.4) is 0 Å². The van der Waals surface area contributed by atoms with Crippen molar-refractivity contribution < 1.29 is 22.1 Å². The second kappa shape index (κ2) is 8.38. The summed E-state index contributed by atoms with van der Waals surface area (Å²) < 4.78 is 41.2. The maximum atomic E-state index is 12.7. The number of rotatable bonds is 9. The molecule has 2 N–H and O–H groups in total. The van der Waals surface area contributed by atoms with Crippen LogP contribution < -0.4 is 4.74 Å². The SMILES string of the molecule is COCCCOc1ccnc(COS(=O)(=O)c2nc3ccc4[nH][nH]cc4c3n2)c1C. The van der Waals surface area contributed by atoms with Gasteiger partial charge in [0.05, 0.1) is 23.3 Å². The minimum atomic E-state index is -4.17. The predicted molar refractivity (Wildman–Crippen MR) is 109 cm³/mol. The number of benzene rings is 1. The number of hydrogen-bond acceptors (Lipinski definition) is 8. The van der Waals surface area contributed by atoms with Gasteiger partial charge in [-0.05, 0) is 25.1 Å². The number of pyridine rings is 1. The highest BCUT2D eigenvalue weighted by Crippen LogP contribution is 2.25. The van der Waals surface area contributed by atoms with Gasteiger partial charge >= 0.3 is 10.1 Å². The molecule has 11 heteroatoms. The van der Waals surface area contributed by atoms with Crippen molar-refractivity contribution in [2.45, 2.75) is 25.1 Å². The number of aromatic nitrogens is 5. The van der Waals surface area contributed by atoms with Crippen LogP contribution >= 0.6 is 0 Å². The molecule has 0 amide bonds. The number of nitrogens with zero attached hydrogens (tertiary/aromatic N) is 3. The van der Waals surface area contributed by atoms with E-state index in [9.17, 15) is 8.42 Å². The number of methoxy groups -OCH3 is 1. The van der Waals surface area contributed by atoms with Gasteiger partial charge in [-0.3, -0.25) is 9.17 Å². The fraction of sp³-hybridized carbons (Fsp3) is 0.316. The summed E-state index contributed by atoms with van der Waals surface area (Å²) in [5.41, 5.74) is 2.92. The summed E-state index contributed by atoms with van der Waals surface area (Å²) in [6.07, 6.45) is 4.00. The van der Waals surface area contributed by atoms with E-state index in [0.717, 1.165) is 17.3 Å². The molecule has 0 aliphatic rings. The van der Waals surface area contributed by atoms with E-state index in [1.807, 2.05) is 0 Å². The molecule has 0 spiro atoms. The van der Waals surface area contributed by atoms with Crippen LogP contribution in [0.2, 0.25) is 0 Å². The summed E-state index contributed by atoms with van der Waals surface area (Å²) >= 11 is 0. The third-order valence-electron chi connectivity index (χ3n) is 4.63. The van der Waals surface area contributed by atoms with Crippen LogP contribution in [0.25, 0.3) is 21.9 Å². The van der Waals surface area contributed by atoms with Gasteiger partial charge in [0.15, 0.2) is 0 Å². The highest BCUT2D eigenvalue weighted by Gasteiger charge is 2.23. The average Bonchev–Trinajstić information content (AvgIpc) is 3.38. The van der Waals surface area contributed by atoms with Gasteiger partial charge in [-0.15, -0.1) is 0 Å². The maximum Gasteiger partial charge on any atom is 0.333 e. The van der Waals surface area contributed by atoms with Gasteiger partial charge in [0.1, 0.15) is 17.9 Å². The van der Waals surface area contributed by atoms with E-state index in [4.69, 9.17) is 13.7 Å². The van der Waals surface area contributed by atoms with Crippen LogP contribution in [0.5, 0.6) is 5.75 Å². The number of hydrogen-bond donors (Lipinski definition) is 2. The van der Waals surface area contributed by atoms with Gasteiger partial charge in [-0.1, -0.05) is 0 Å². The highest BCUT2D eigenvalue weighted by atomic mass is 32.2. The average molecular weight is 431 g/mol. The Labute approximate surface area is 172 Å². The normalized spacial score (nSPS) is 12.1. The van der Waals surface area contributed by atoms with E-state index in [1.165, 1.54) is 0 Å². The van der Waals surface area contributed by atoms with E-state index in [1.54, 1.807) is 44.6 Å². The third-order valence-corrected chi connectivity index (χ3v) is 5.68. The molecule has 0 radical (unpaired) electrons. The van der Waals surface area contributed by atoms with Gasteiger partial charge in [-0.2, -0.15) is 8.42 Å². The number of imidazole rings is 1. The minimum Gasteiger partial charge on any atom is -0.493 e. The summed E-state index contributed by atoms with van der Waals surface area (Å²) in [7, 11) is -2.53. The third kappa shape index (κ3) is 3.99. The van der Waals surface area contributed by atoms with Crippen LogP contribution in [0.15, 0.2) is 35.7 Å². The molecule has 30 heavy (non-hydrogen) atoms. The monoisotopic (exact) mass is 431 g/mol. The van der Waals surface area contributed by atoms with Crippen LogP contribution in [-0.4, -0.2) is 53.9 Å². The molecule has 0 aliphatic carbocycles. The standard InChI is InChI=1S/C19H21N5O5S/c1-12-16(20-7-6-17(12)28-9-3-8-27-2)11-29-30(25,26)19-22-15-5-4-14-13(10-21-24-14)18(15)23-19/h4-7,10,21,24H,3,8-9,11H2,1-2H3. The first-order chi connectivity index (χ1) is 14.5. The Morgan fingerprint density at radius 3 is 2.83 bits per heavy atom. The quantitative estimate of drug-likeness (QED) is 0.305. The Morgan fingerprint density at radius 2 is 2.00 bits per heavy atom. The molecule has 0 atom stereocenters. The molecule has 10 nitrogen and oxygen atoms in total. The van der Waals surface area contributed by atoms with E-state index >= 15 is 0 Å². The van der Waals surface area contributed by atoms with Gasteiger partial charge in [-0.25, -0.2) is 9.97 Å². The van der Waals surface area contributed by atoms with Crippen LogP contribution in [0, 0.1) is 6.92 Å². The van der Waals surface area contributed by atoms with E-state index in [-0.39, 0.29) is 11.8 Å². The van der Waals surface area contributed by atoms with Crippen molar-refractivity contribution in [1.29, 1.82) is 0 Å². The topological polar surface area (TPSA) is 132 Å². The van der Waals surface area contributed by atoms with Crippen LogP contribution in [-0.2, 0) is 25.6 Å². The molecule has 0 bridgehead atoms. The van der Waals surface area contributed by atoms with Crippen molar-refractivity contribution in [3.63, 3.8) is 0 Å². The summed E-state index contributed by atoms with van der Waals surface area (Å²) in [4.78, 5) is 12.5. The second-order valence-corrected chi connectivity index (χ2v) is 8.12. The summed E-state index contributed by atoms with van der Waals surface area (Å²) in [5, 5.41) is 6.16. The van der Waals surface area contributed by atoms with Crippen molar-refractivity contribution in [3.05, 3.63) is 41.9 Å². The smallest absolute Gasteiger partial charge is 0.333 e.